The fourth-order valence-corrected chi connectivity index (χ4v) is 7.44. The van der Waals surface area contributed by atoms with Crippen LogP contribution in [-0.4, -0.2) is 54.1 Å². The van der Waals surface area contributed by atoms with Gasteiger partial charge in [-0.3, -0.25) is 14.2 Å². The normalized spacial score (nSPS) is 17.6. The third-order valence-corrected chi connectivity index (χ3v) is 10.2. The summed E-state index contributed by atoms with van der Waals surface area (Å²) in [5.74, 6) is 0.108. The van der Waals surface area contributed by atoms with E-state index in [2.05, 4.69) is 63.0 Å². The number of nitrogens with zero attached hydrogens (tertiary/aromatic N) is 6. The number of fused-ring (bicyclic) bond motifs is 2. The molecule has 7 rings (SSSR count). The third-order valence-electron chi connectivity index (χ3n) is 10.2. The van der Waals surface area contributed by atoms with Gasteiger partial charge in [-0.1, -0.05) is 49.7 Å². The van der Waals surface area contributed by atoms with Gasteiger partial charge in [-0.25, -0.2) is 23.7 Å². The average molecular weight is 678 g/mol. The lowest BCUT2D eigenvalue weighted by atomic mass is 9.90. The molecule has 0 spiro atoms. The molecule has 10 nitrogen and oxygen atoms in total. The van der Waals surface area contributed by atoms with E-state index in [4.69, 9.17) is 0 Å². The zero-order valence-corrected chi connectivity index (χ0v) is 28.8. The van der Waals surface area contributed by atoms with Gasteiger partial charge in [0.15, 0.2) is 5.65 Å². The summed E-state index contributed by atoms with van der Waals surface area (Å²) in [6, 6.07) is 16.6. The molecule has 2 aliphatic rings. The number of hydrogen-bond donors (Lipinski definition) is 1. The van der Waals surface area contributed by atoms with Crippen LogP contribution < -0.4 is 16.6 Å². The number of unbranched alkanes of at least 4 members (excludes halogenated alkanes) is 1. The van der Waals surface area contributed by atoms with E-state index < -0.39 is 23.1 Å². The molecule has 1 aliphatic heterocycles. The fourth-order valence-electron chi connectivity index (χ4n) is 7.44. The van der Waals surface area contributed by atoms with E-state index in [1.54, 1.807) is 6.07 Å². The number of aromatic nitrogens is 5. The van der Waals surface area contributed by atoms with Crippen molar-refractivity contribution < 1.29 is 9.18 Å². The number of amides is 1. The van der Waals surface area contributed by atoms with Gasteiger partial charge in [-0.05, 0) is 93.4 Å². The molecule has 2 aromatic carbocycles. The first kappa shape index (κ1) is 33.6. The molecule has 3 aromatic heterocycles. The minimum atomic E-state index is -0.645. The zero-order chi connectivity index (χ0) is 34.8. The van der Waals surface area contributed by atoms with E-state index >= 15 is 0 Å². The van der Waals surface area contributed by atoms with Crippen LogP contribution in [0.5, 0.6) is 0 Å². The molecule has 50 heavy (non-hydrogen) atoms. The molecule has 1 saturated carbocycles. The van der Waals surface area contributed by atoms with Crippen LogP contribution in [0.15, 0.2) is 76.6 Å². The summed E-state index contributed by atoms with van der Waals surface area (Å²) in [5, 5.41) is 3.16. The van der Waals surface area contributed by atoms with Crippen LogP contribution in [0.1, 0.15) is 86.2 Å². The SMILES string of the molecule is CCCCN(C)Cc1ccc(-c2cccc(-n3c(=O)n([C@H]4CC[C@@H](NC(=O)c5cn6c(n5)CCCC6)CC4)c(=O)c4cc(F)cnc43)c2)cc1. The Labute approximate surface area is 290 Å². The van der Waals surface area contributed by atoms with Crippen molar-refractivity contribution in [2.45, 2.75) is 89.9 Å². The molecule has 0 saturated heterocycles. The number of pyridine rings is 1. The number of nitrogens with one attached hydrogen (secondary N) is 1. The Kier molecular flexibility index (Phi) is 9.76. The van der Waals surface area contributed by atoms with Crippen molar-refractivity contribution in [2.24, 2.45) is 0 Å². The van der Waals surface area contributed by atoms with Gasteiger partial charge in [-0.2, -0.15) is 0 Å². The fraction of sp³-hybridized carbons (Fsp3) is 0.410. The molecule has 5 aromatic rings. The van der Waals surface area contributed by atoms with Crippen LogP contribution in [0, 0.1) is 5.82 Å². The molecule has 260 valence electrons. The Morgan fingerprint density at radius 2 is 1.82 bits per heavy atom. The highest BCUT2D eigenvalue weighted by Gasteiger charge is 2.29. The highest BCUT2D eigenvalue weighted by molar-refractivity contribution is 5.92. The van der Waals surface area contributed by atoms with Crippen molar-refractivity contribution >= 4 is 16.9 Å². The van der Waals surface area contributed by atoms with E-state index in [0.29, 0.717) is 37.1 Å². The summed E-state index contributed by atoms with van der Waals surface area (Å²) >= 11 is 0. The molecule has 0 bridgehead atoms. The van der Waals surface area contributed by atoms with Crippen molar-refractivity contribution in [3.05, 3.63) is 111 Å². The van der Waals surface area contributed by atoms with Gasteiger partial charge in [0.25, 0.3) is 11.5 Å². The zero-order valence-electron chi connectivity index (χ0n) is 28.8. The topological polar surface area (TPSA) is 107 Å². The maximum absolute atomic E-state index is 14.5. The second-order valence-corrected chi connectivity index (χ2v) is 13.8. The van der Waals surface area contributed by atoms with Crippen LogP contribution in [0.3, 0.4) is 0 Å². The molecule has 1 aliphatic carbocycles. The van der Waals surface area contributed by atoms with E-state index in [-0.39, 0.29) is 23.0 Å². The Balaban J connectivity index is 1.14. The Morgan fingerprint density at radius 3 is 2.58 bits per heavy atom. The predicted molar refractivity (Wildman–Crippen MR) is 192 cm³/mol. The van der Waals surface area contributed by atoms with Crippen LogP contribution in [0.2, 0.25) is 0 Å². The first-order chi connectivity index (χ1) is 24.3. The third kappa shape index (κ3) is 6.92. The molecule has 0 radical (unpaired) electrons. The molecule has 1 N–H and O–H groups in total. The molecule has 4 heterocycles. The van der Waals surface area contributed by atoms with Gasteiger partial charge in [0.2, 0.25) is 0 Å². The van der Waals surface area contributed by atoms with E-state index in [1.807, 2.05) is 24.4 Å². The van der Waals surface area contributed by atoms with Crippen molar-refractivity contribution in [3.63, 3.8) is 0 Å². The molecule has 0 atom stereocenters. The van der Waals surface area contributed by atoms with Crippen LogP contribution in [0.25, 0.3) is 27.8 Å². The smallest absolute Gasteiger partial charge is 0.337 e. The second-order valence-electron chi connectivity index (χ2n) is 13.8. The average Bonchev–Trinajstić information content (AvgIpc) is 3.57. The Bertz CT molecular complexity index is 2100. The van der Waals surface area contributed by atoms with Crippen molar-refractivity contribution in [2.75, 3.05) is 13.6 Å². The number of carbonyl (C=O) groups excluding carboxylic acids is 1. The number of aryl methyl sites for hydroxylation is 2. The number of benzene rings is 2. The molecule has 0 unspecified atom stereocenters. The number of hydrogen-bond acceptors (Lipinski definition) is 6. The highest BCUT2D eigenvalue weighted by atomic mass is 19.1. The lowest BCUT2D eigenvalue weighted by Crippen LogP contribution is -2.45. The predicted octanol–water partition coefficient (Wildman–Crippen LogP) is 6.03. The van der Waals surface area contributed by atoms with Crippen LogP contribution in [0.4, 0.5) is 4.39 Å². The summed E-state index contributed by atoms with van der Waals surface area (Å²) < 4.78 is 19.3. The summed E-state index contributed by atoms with van der Waals surface area (Å²) in [6.45, 7) is 4.99. The highest BCUT2D eigenvalue weighted by Crippen LogP contribution is 2.29. The van der Waals surface area contributed by atoms with E-state index in [0.717, 1.165) is 81.0 Å². The van der Waals surface area contributed by atoms with E-state index in [1.165, 1.54) is 14.7 Å². The maximum atomic E-state index is 14.5. The van der Waals surface area contributed by atoms with Crippen molar-refractivity contribution in [1.29, 1.82) is 0 Å². The quantitative estimate of drug-likeness (QED) is 0.194. The van der Waals surface area contributed by atoms with Gasteiger partial charge < -0.3 is 14.8 Å². The van der Waals surface area contributed by atoms with Crippen LogP contribution >= 0.6 is 0 Å². The second kappa shape index (κ2) is 14.5. The Morgan fingerprint density at radius 1 is 1.02 bits per heavy atom. The number of rotatable bonds is 10. The van der Waals surface area contributed by atoms with Gasteiger partial charge in [0.1, 0.15) is 17.3 Å². The monoisotopic (exact) mass is 677 g/mol. The van der Waals surface area contributed by atoms with Crippen molar-refractivity contribution in [3.8, 4) is 16.8 Å². The molecule has 1 amide bonds. The first-order valence-electron chi connectivity index (χ1n) is 17.9. The molecular weight excluding hydrogens is 633 g/mol. The molecule has 11 heteroatoms. The Hall–Kier alpha value is -4.90. The van der Waals surface area contributed by atoms with Crippen LogP contribution in [-0.2, 0) is 19.5 Å². The van der Waals surface area contributed by atoms with E-state index in [9.17, 15) is 18.8 Å². The number of imidazole rings is 1. The number of carbonyl (C=O) groups is 1. The first-order valence-corrected chi connectivity index (χ1v) is 17.9. The molecular formula is C39H44FN7O3. The lowest BCUT2D eigenvalue weighted by molar-refractivity contribution is 0.0917. The maximum Gasteiger partial charge on any atom is 0.337 e. The van der Waals surface area contributed by atoms with Gasteiger partial charge in [0, 0.05) is 37.8 Å². The molecule has 1 fully saturated rings. The van der Waals surface area contributed by atoms with Gasteiger partial charge in [0.05, 0.1) is 17.3 Å². The summed E-state index contributed by atoms with van der Waals surface area (Å²) in [5.41, 5.74) is 3.14. The lowest BCUT2D eigenvalue weighted by Gasteiger charge is -2.30. The van der Waals surface area contributed by atoms with Crippen molar-refractivity contribution in [1.82, 2.24) is 33.9 Å². The van der Waals surface area contributed by atoms with Gasteiger partial charge in [-0.15, -0.1) is 0 Å². The standard InChI is InChI=1S/C39H44FN7O3/c1-3-4-19-44(2)24-26-11-13-27(14-12-26)28-8-7-9-32(21-28)46-36-33(22-29(40)23-41-36)38(49)47(39(46)50)31-17-15-30(16-18-31)42-37(48)34-25-45-20-6-5-10-35(45)43-34/h7-9,11-14,21-23,25,30-31H,3-6,10,15-20,24H2,1-2H3,(H,42,48)/t30-,31+. The minimum absolute atomic E-state index is 0.0470. The minimum Gasteiger partial charge on any atom is -0.348 e. The summed E-state index contributed by atoms with van der Waals surface area (Å²) in [4.78, 5) is 52.3. The summed E-state index contributed by atoms with van der Waals surface area (Å²) in [6.07, 6.45) is 10.4. The number of halogens is 1. The summed E-state index contributed by atoms with van der Waals surface area (Å²) in [7, 11) is 2.13. The largest absolute Gasteiger partial charge is 0.348 e. The van der Waals surface area contributed by atoms with Gasteiger partial charge >= 0.3 is 5.69 Å².